The number of ether oxygens (including phenoxy) is 1. The molecule has 1 aliphatic carbocycles. The van der Waals surface area contributed by atoms with E-state index >= 15 is 0 Å². The van der Waals surface area contributed by atoms with Crippen LogP contribution in [0.25, 0.3) is 22.3 Å². The van der Waals surface area contributed by atoms with Crippen molar-refractivity contribution >= 4 is 17.1 Å². The molecule has 0 fully saturated rings. The highest BCUT2D eigenvalue weighted by atomic mass is 16.5. The normalized spacial score (nSPS) is 14.7. The number of benzene rings is 8. The Bertz CT molecular complexity index is 2770. The van der Waals surface area contributed by atoms with Gasteiger partial charge in [-0.2, -0.15) is 0 Å². The Labute approximate surface area is 369 Å². The van der Waals surface area contributed by atoms with E-state index in [0.717, 1.165) is 22.8 Å². The predicted molar refractivity (Wildman–Crippen MR) is 261 cm³/mol. The monoisotopic (exact) mass is 807 g/mol. The van der Waals surface area contributed by atoms with Crippen molar-refractivity contribution < 1.29 is 4.74 Å². The molecule has 0 amide bonds. The first-order chi connectivity index (χ1) is 30.2. The molecule has 2 unspecified atom stereocenters. The fourth-order valence-electron chi connectivity index (χ4n) is 9.89. The van der Waals surface area contributed by atoms with Crippen molar-refractivity contribution in [2.45, 2.75) is 65.9 Å². The maximum absolute atomic E-state index is 6.52. The molecule has 0 aliphatic heterocycles. The Morgan fingerprint density at radius 1 is 0.500 bits per heavy atom. The third kappa shape index (κ3) is 7.75. The van der Waals surface area contributed by atoms with Crippen LogP contribution >= 0.6 is 0 Å². The number of nitrogens with zero attached hydrogens (tertiary/aromatic N) is 1. The fraction of sp³-hybridized carbons (Fsp3) is 0.200. The molecular formula is C60H57NO. The van der Waals surface area contributed by atoms with Crippen molar-refractivity contribution in [2.75, 3.05) is 4.90 Å². The van der Waals surface area contributed by atoms with Crippen LogP contribution < -0.4 is 9.64 Å². The van der Waals surface area contributed by atoms with E-state index in [4.69, 9.17) is 4.74 Å². The van der Waals surface area contributed by atoms with E-state index in [1.165, 1.54) is 73.2 Å². The zero-order chi connectivity index (χ0) is 42.8. The first kappa shape index (κ1) is 40.7. The lowest BCUT2D eigenvalue weighted by atomic mass is 9.66. The summed E-state index contributed by atoms with van der Waals surface area (Å²) in [6.45, 7) is 14.3. The number of aryl methyl sites for hydroxylation is 2. The van der Waals surface area contributed by atoms with Crippen LogP contribution in [0, 0.1) is 25.7 Å². The van der Waals surface area contributed by atoms with E-state index in [0.29, 0.717) is 24.4 Å². The second kappa shape index (κ2) is 17.4. The van der Waals surface area contributed by atoms with Crippen LogP contribution in [0.2, 0.25) is 0 Å². The van der Waals surface area contributed by atoms with Crippen LogP contribution in [0.4, 0.5) is 17.1 Å². The van der Waals surface area contributed by atoms with E-state index in [2.05, 4.69) is 241 Å². The standard InChI is InChI=1S/C60H57NO/c1-41(2)37-56(42(3)4)48-25-23-45(24-26-48)40-62-53-34-29-49(30-35-53)60(58-38-43(5)21-22-44(58)6)57-20-14-13-19-54(57)55-36-33-52(39-59(55)60)61(50-17-11-8-12-18-50)51-31-27-47(28-32-51)46-15-9-7-10-16-46/h7-36,38-39,41-42,56H,37,40H2,1-6H3. The fourth-order valence-corrected chi connectivity index (χ4v) is 9.89. The molecule has 0 bridgehead atoms. The minimum absolute atomic E-state index is 0.523. The largest absolute Gasteiger partial charge is 0.489 e. The van der Waals surface area contributed by atoms with Crippen LogP contribution in [0.3, 0.4) is 0 Å². The van der Waals surface area contributed by atoms with Gasteiger partial charge in [0.15, 0.2) is 0 Å². The van der Waals surface area contributed by atoms with Crippen molar-refractivity contribution in [3.05, 3.63) is 239 Å². The molecule has 308 valence electrons. The average Bonchev–Trinajstić information content (AvgIpc) is 3.59. The molecule has 0 saturated heterocycles. The Kier molecular flexibility index (Phi) is 11.4. The summed E-state index contributed by atoms with van der Waals surface area (Å²) in [5.74, 6) is 2.71. The molecule has 2 heteroatoms. The summed E-state index contributed by atoms with van der Waals surface area (Å²) < 4.78 is 6.52. The van der Waals surface area contributed by atoms with Gasteiger partial charge in [0.05, 0.1) is 5.41 Å². The van der Waals surface area contributed by atoms with Crippen LogP contribution in [0.1, 0.15) is 84.5 Å². The van der Waals surface area contributed by atoms with Gasteiger partial charge in [-0.05, 0) is 148 Å². The van der Waals surface area contributed by atoms with E-state index in [-0.39, 0.29) is 0 Å². The van der Waals surface area contributed by atoms with Gasteiger partial charge in [-0.1, -0.05) is 179 Å². The summed E-state index contributed by atoms with van der Waals surface area (Å²) in [7, 11) is 0. The smallest absolute Gasteiger partial charge is 0.119 e. The molecule has 8 aromatic carbocycles. The van der Waals surface area contributed by atoms with Gasteiger partial charge in [-0.25, -0.2) is 0 Å². The van der Waals surface area contributed by atoms with Crippen LogP contribution in [-0.4, -0.2) is 0 Å². The molecule has 9 rings (SSSR count). The average molecular weight is 808 g/mol. The molecule has 1 aliphatic rings. The zero-order valence-electron chi connectivity index (χ0n) is 37.0. The van der Waals surface area contributed by atoms with Gasteiger partial charge in [0, 0.05) is 17.1 Å². The van der Waals surface area contributed by atoms with Crippen LogP contribution in [-0.2, 0) is 12.0 Å². The lowest BCUT2D eigenvalue weighted by Crippen LogP contribution is -2.30. The van der Waals surface area contributed by atoms with Crippen molar-refractivity contribution in [1.82, 2.24) is 0 Å². The highest BCUT2D eigenvalue weighted by Gasteiger charge is 2.47. The number of fused-ring (bicyclic) bond motifs is 3. The van der Waals surface area contributed by atoms with Crippen LogP contribution in [0.5, 0.6) is 5.75 Å². The minimum Gasteiger partial charge on any atom is -0.489 e. The van der Waals surface area contributed by atoms with Gasteiger partial charge in [0.1, 0.15) is 12.4 Å². The van der Waals surface area contributed by atoms with Gasteiger partial charge >= 0.3 is 0 Å². The lowest BCUT2D eigenvalue weighted by molar-refractivity contribution is 0.306. The third-order valence-corrected chi connectivity index (χ3v) is 13.0. The molecular weight excluding hydrogens is 751 g/mol. The van der Waals surface area contributed by atoms with Gasteiger partial charge in [-0.3, -0.25) is 0 Å². The van der Waals surface area contributed by atoms with E-state index < -0.39 is 5.41 Å². The molecule has 0 N–H and O–H groups in total. The van der Waals surface area contributed by atoms with Crippen molar-refractivity contribution in [2.24, 2.45) is 11.8 Å². The van der Waals surface area contributed by atoms with Crippen LogP contribution in [0.15, 0.2) is 194 Å². The number of rotatable bonds is 13. The molecule has 62 heavy (non-hydrogen) atoms. The summed E-state index contributed by atoms with van der Waals surface area (Å²) in [5, 5.41) is 0. The number of hydrogen-bond acceptors (Lipinski definition) is 2. The van der Waals surface area contributed by atoms with Gasteiger partial charge < -0.3 is 9.64 Å². The summed E-state index contributed by atoms with van der Waals surface area (Å²) in [6.07, 6.45) is 1.20. The second-order valence-corrected chi connectivity index (χ2v) is 18.0. The third-order valence-electron chi connectivity index (χ3n) is 13.0. The quantitative estimate of drug-likeness (QED) is 0.115. The zero-order valence-corrected chi connectivity index (χ0v) is 37.0. The van der Waals surface area contributed by atoms with Gasteiger partial charge in [-0.15, -0.1) is 0 Å². The first-order valence-corrected chi connectivity index (χ1v) is 22.4. The number of anilines is 3. The minimum atomic E-state index is -0.575. The van der Waals surface area contributed by atoms with Crippen molar-refractivity contribution in [3.8, 4) is 28.0 Å². The van der Waals surface area contributed by atoms with E-state index in [1.807, 2.05) is 0 Å². The topological polar surface area (TPSA) is 12.5 Å². The first-order valence-electron chi connectivity index (χ1n) is 22.4. The molecule has 0 radical (unpaired) electrons. The Morgan fingerprint density at radius 2 is 1.11 bits per heavy atom. The van der Waals surface area contributed by atoms with E-state index in [9.17, 15) is 0 Å². The SMILES string of the molecule is Cc1ccc(C)c(C2(c3ccc(OCc4ccc(C(CC(C)C)C(C)C)cc4)cc3)c3ccccc3-c3ccc(N(c4ccccc4)c4ccc(-c5ccccc5)cc4)cc32)c1. The maximum atomic E-state index is 6.52. The van der Waals surface area contributed by atoms with E-state index in [1.54, 1.807) is 0 Å². The van der Waals surface area contributed by atoms with Gasteiger partial charge in [0.25, 0.3) is 0 Å². The lowest BCUT2D eigenvalue weighted by Gasteiger charge is -2.36. The summed E-state index contributed by atoms with van der Waals surface area (Å²) in [6, 6.07) is 71.4. The molecule has 8 aromatic rings. The molecule has 2 atom stereocenters. The molecule has 2 nitrogen and oxygen atoms in total. The second-order valence-electron chi connectivity index (χ2n) is 18.0. The Hall–Kier alpha value is -6.64. The Balaban J connectivity index is 1.13. The molecule has 0 heterocycles. The summed E-state index contributed by atoms with van der Waals surface area (Å²) in [5.41, 5.74) is 17.9. The van der Waals surface area contributed by atoms with Gasteiger partial charge in [0.2, 0.25) is 0 Å². The number of hydrogen-bond donors (Lipinski definition) is 0. The predicted octanol–water partition coefficient (Wildman–Crippen LogP) is 16.2. The molecule has 0 aromatic heterocycles. The summed E-state index contributed by atoms with van der Waals surface area (Å²) >= 11 is 0. The summed E-state index contributed by atoms with van der Waals surface area (Å²) in [4.78, 5) is 2.39. The number of para-hydroxylation sites is 1. The molecule has 0 saturated carbocycles. The molecule has 0 spiro atoms. The van der Waals surface area contributed by atoms with Crippen molar-refractivity contribution in [1.29, 1.82) is 0 Å². The highest BCUT2D eigenvalue weighted by Crippen LogP contribution is 2.58. The highest BCUT2D eigenvalue weighted by molar-refractivity contribution is 5.90. The Morgan fingerprint density at radius 3 is 1.81 bits per heavy atom. The maximum Gasteiger partial charge on any atom is 0.119 e. The van der Waals surface area contributed by atoms with Crippen molar-refractivity contribution in [3.63, 3.8) is 0 Å².